The molecule has 0 atom stereocenters. The van der Waals surface area contributed by atoms with Crippen LogP contribution in [-0.2, 0) is 11.8 Å². The highest BCUT2D eigenvalue weighted by molar-refractivity contribution is 6.07. The summed E-state index contributed by atoms with van der Waals surface area (Å²) in [4.78, 5) is 23.4. The van der Waals surface area contributed by atoms with E-state index in [1.807, 2.05) is 0 Å². The van der Waals surface area contributed by atoms with Crippen molar-refractivity contribution in [1.29, 1.82) is 0 Å². The number of carbonyl (C=O) groups excluding carboxylic acids is 2. The first kappa shape index (κ1) is 14.6. The third-order valence-electron chi connectivity index (χ3n) is 3.02. The summed E-state index contributed by atoms with van der Waals surface area (Å²) >= 11 is 0. The van der Waals surface area contributed by atoms with Crippen LogP contribution in [0, 0.1) is 0 Å². The van der Waals surface area contributed by atoms with Gasteiger partial charge in [-0.1, -0.05) is 32.6 Å². The molecule has 0 N–H and O–H groups in total. The largest absolute Gasteiger partial charge is 0.299 e. The molecule has 1 aromatic heterocycles. The van der Waals surface area contributed by atoms with Gasteiger partial charge in [0.25, 0.3) is 0 Å². The molecular formula is C14H22N2O2. The van der Waals surface area contributed by atoms with Crippen molar-refractivity contribution in [3.63, 3.8) is 0 Å². The molecule has 0 fully saturated rings. The van der Waals surface area contributed by atoms with Gasteiger partial charge in [0.2, 0.25) is 0 Å². The lowest BCUT2D eigenvalue weighted by molar-refractivity contribution is -0.118. The summed E-state index contributed by atoms with van der Waals surface area (Å²) in [6, 6.07) is 1.65. The lowest BCUT2D eigenvalue weighted by Crippen LogP contribution is -2.12. The highest BCUT2D eigenvalue weighted by atomic mass is 16.1. The van der Waals surface area contributed by atoms with Crippen LogP contribution in [0.1, 0.15) is 62.4 Å². The number of carbonyl (C=O) groups is 2. The maximum atomic E-state index is 11.8. The Hall–Kier alpha value is -1.45. The summed E-state index contributed by atoms with van der Waals surface area (Å²) in [5, 5.41) is 3.93. The Balaban J connectivity index is 2.24. The fourth-order valence-electron chi connectivity index (χ4n) is 1.93. The van der Waals surface area contributed by atoms with Gasteiger partial charge in [0.15, 0.2) is 5.78 Å². The van der Waals surface area contributed by atoms with Gasteiger partial charge in [0.05, 0.1) is 6.42 Å². The maximum Gasteiger partial charge on any atom is 0.188 e. The Bertz CT molecular complexity index is 396. The Labute approximate surface area is 108 Å². The molecular weight excluding hydrogens is 228 g/mol. The van der Waals surface area contributed by atoms with E-state index in [0.29, 0.717) is 12.1 Å². The van der Waals surface area contributed by atoms with Gasteiger partial charge in [-0.15, -0.1) is 0 Å². The average molecular weight is 250 g/mol. The molecule has 100 valence electrons. The van der Waals surface area contributed by atoms with Crippen LogP contribution in [0.25, 0.3) is 0 Å². The molecule has 0 radical (unpaired) electrons. The summed E-state index contributed by atoms with van der Waals surface area (Å²) in [5.41, 5.74) is 0.509. The molecule has 0 spiro atoms. The molecule has 0 aliphatic rings. The quantitative estimate of drug-likeness (QED) is 0.384. The van der Waals surface area contributed by atoms with Gasteiger partial charge < -0.3 is 0 Å². The fourth-order valence-corrected chi connectivity index (χ4v) is 1.93. The standard InChI is InChI=1S/C14H22N2O2/c1-3-4-5-6-7-8-12(17)11-14(18)13-9-10-15-16(13)2/h9-10H,3-8,11H2,1-2H3. The van der Waals surface area contributed by atoms with Crippen molar-refractivity contribution < 1.29 is 9.59 Å². The van der Waals surface area contributed by atoms with Crippen LogP contribution in [0.4, 0.5) is 0 Å². The Morgan fingerprint density at radius 3 is 2.56 bits per heavy atom. The Morgan fingerprint density at radius 1 is 1.22 bits per heavy atom. The second kappa shape index (κ2) is 7.80. The number of unbranched alkanes of at least 4 members (excludes halogenated alkanes) is 4. The molecule has 0 aliphatic carbocycles. The van der Waals surface area contributed by atoms with Crippen molar-refractivity contribution in [3.8, 4) is 0 Å². The maximum absolute atomic E-state index is 11.8. The summed E-state index contributed by atoms with van der Waals surface area (Å²) in [6.07, 6.45) is 7.69. The van der Waals surface area contributed by atoms with Crippen LogP contribution in [0.5, 0.6) is 0 Å². The minimum absolute atomic E-state index is 0.00725. The number of nitrogens with zero attached hydrogens (tertiary/aromatic N) is 2. The molecule has 0 aliphatic heterocycles. The summed E-state index contributed by atoms with van der Waals surface area (Å²) in [5.74, 6) is -0.0914. The smallest absolute Gasteiger partial charge is 0.188 e. The molecule has 1 heterocycles. The molecule has 0 amide bonds. The van der Waals surface area contributed by atoms with Crippen molar-refractivity contribution >= 4 is 11.6 Å². The van der Waals surface area contributed by atoms with E-state index in [9.17, 15) is 9.59 Å². The second-order valence-electron chi connectivity index (χ2n) is 4.64. The first-order valence-corrected chi connectivity index (χ1v) is 6.68. The number of ketones is 2. The minimum atomic E-state index is -0.131. The number of Topliss-reactive ketones (excluding diaryl/α,β-unsaturated/α-hetero) is 2. The van der Waals surface area contributed by atoms with Crippen LogP contribution < -0.4 is 0 Å². The van der Waals surface area contributed by atoms with E-state index >= 15 is 0 Å². The van der Waals surface area contributed by atoms with E-state index < -0.39 is 0 Å². The van der Waals surface area contributed by atoms with Crippen LogP contribution in [-0.4, -0.2) is 21.3 Å². The summed E-state index contributed by atoms with van der Waals surface area (Å²) < 4.78 is 1.51. The van der Waals surface area contributed by atoms with Crippen molar-refractivity contribution in [1.82, 2.24) is 9.78 Å². The average Bonchev–Trinajstić information content (AvgIpc) is 2.75. The van der Waals surface area contributed by atoms with E-state index in [1.54, 1.807) is 19.3 Å². The molecule has 1 rings (SSSR count). The highest BCUT2D eigenvalue weighted by Gasteiger charge is 2.14. The topological polar surface area (TPSA) is 52.0 Å². The Kier molecular flexibility index (Phi) is 6.33. The molecule has 1 aromatic rings. The number of aromatic nitrogens is 2. The van der Waals surface area contributed by atoms with Crippen molar-refractivity contribution in [3.05, 3.63) is 18.0 Å². The zero-order valence-corrected chi connectivity index (χ0v) is 11.3. The van der Waals surface area contributed by atoms with Crippen LogP contribution in [0.2, 0.25) is 0 Å². The van der Waals surface area contributed by atoms with E-state index in [4.69, 9.17) is 0 Å². The van der Waals surface area contributed by atoms with Gasteiger partial charge in [-0.2, -0.15) is 5.10 Å². The number of hydrogen-bond acceptors (Lipinski definition) is 3. The molecule has 0 saturated carbocycles. The van der Waals surface area contributed by atoms with E-state index in [-0.39, 0.29) is 18.0 Å². The van der Waals surface area contributed by atoms with Crippen LogP contribution >= 0.6 is 0 Å². The van der Waals surface area contributed by atoms with Gasteiger partial charge in [0.1, 0.15) is 11.5 Å². The first-order valence-electron chi connectivity index (χ1n) is 6.68. The number of hydrogen-bond donors (Lipinski definition) is 0. The number of aryl methyl sites for hydroxylation is 1. The van der Waals surface area contributed by atoms with Gasteiger partial charge in [0, 0.05) is 19.7 Å². The van der Waals surface area contributed by atoms with Crippen molar-refractivity contribution in [2.75, 3.05) is 0 Å². The predicted molar refractivity (Wildman–Crippen MR) is 70.5 cm³/mol. The third kappa shape index (κ3) is 4.82. The van der Waals surface area contributed by atoms with Crippen LogP contribution in [0.15, 0.2) is 12.3 Å². The minimum Gasteiger partial charge on any atom is -0.299 e. The lowest BCUT2D eigenvalue weighted by Gasteiger charge is -2.02. The van der Waals surface area contributed by atoms with Crippen LogP contribution in [0.3, 0.4) is 0 Å². The fraction of sp³-hybridized carbons (Fsp3) is 0.643. The van der Waals surface area contributed by atoms with E-state index in [2.05, 4.69) is 12.0 Å². The molecule has 4 heteroatoms. The predicted octanol–water partition coefficient (Wildman–Crippen LogP) is 2.92. The SMILES string of the molecule is CCCCCCCC(=O)CC(=O)c1ccnn1C. The molecule has 0 aromatic carbocycles. The normalized spacial score (nSPS) is 10.6. The molecule has 0 saturated heterocycles. The zero-order valence-electron chi connectivity index (χ0n) is 11.3. The summed E-state index contributed by atoms with van der Waals surface area (Å²) in [7, 11) is 1.71. The monoisotopic (exact) mass is 250 g/mol. The Morgan fingerprint density at radius 2 is 1.94 bits per heavy atom. The number of rotatable bonds is 9. The molecule has 0 unspecified atom stereocenters. The van der Waals surface area contributed by atoms with E-state index in [0.717, 1.165) is 12.8 Å². The zero-order chi connectivity index (χ0) is 13.4. The van der Waals surface area contributed by atoms with E-state index in [1.165, 1.54) is 23.9 Å². The molecule has 18 heavy (non-hydrogen) atoms. The molecule has 4 nitrogen and oxygen atoms in total. The third-order valence-corrected chi connectivity index (χ3v) is 3.02. The van der Waals surface area contributed by atoms with Gasteiger partial charge in [-0.25, -0.2) is 0 Å². The van der Waals surface area contributed by atoms with Gasteiger partial charge in [-0.3, -0.25) is 14.3 Å². The van der Waals surface area contributed by atoms with Crippen molar-refractivity contribution in [2.24, 2.45) is 7.05 Å². The second-order valence-corrected chi connectivity index (χ2v) is 4.64. The first-order chi connectivity index (χ1) is 8.65. The summed E-state index contributed by atoms with van der Waals surface area (Å²) in [6.45, 7) is 2.16. The molecule has 0 bridgehead atoms. The highest BCUT2D eigenvalue weighted by Crippen LogP contribution is 2.08. The van der Waals surface area contributed by atoms with Gasteiger partial charge in [-0.05, 0) is 12.5 Å². The lowest BCUT2D eigenvalue weighted by atomic mass is 10.0. The van der Waals surface area contributed by atoms with Crippen molar-refractivity contribution in [2.45, 2.75) is 51.9 Å². The van der Waals surface area contributed by atoms with Gasteiger partial charge >= 0.3 is 0 Å².